The molecule has 2 heterocycles. The SMILES string of the molecule is CN=C(NCCc1cccc(Cl)c1)NCC1CN2CCCC2CO1.I. The molecule has 2 N–H and O–H groups in total. The number of hydrogen-bond donors (Lipinski definition) is 2. The molecule has 2 unspecified atom stereocenters. The number of morpholine rings is 1. The highest BCUT2D eigenvalue weighted by atomic mass is 127. The summed E-state index contributed by atoms with van der Waals surface area (Å²) in [6, 6.07) is 8.62. The van der Waals surface area contributed by atoms with Crippen molar-refractivity contribution in [1.82, 2.24) is 15.5 Å². The van der Waals surface area contributed by atoms with Crippen molar-refractivity contribution >= 4 is 41.5 Å². The predicted molar refractivity (Wildman–Crippen MR) is 114 cm³/mol. The van der Waals surface area contributed by atoms with Gasteiger partial charge in [-0.2, -0.15) is 0 Å². The predicted octanol–water partition coefficient (Wildman–Crippen LogP) is 2.53. The molecule has 0 bridgehead atoms. The molecule has 1 aromatic carbocycles. The van der Waals surface area contributed by atoms with E-state index in [1.54, 1.807) is 7.05 Å². The Hall–Kier alpha value is -0.570. The van der Waals surface area contributed by atoms with Crippen molar-refractivity contribution in [2.75, 3.05) is 39.8 Å². The summed E-state index contributed by atoms with van der Waals surface area (Å²) in [7, 11) is 1.80. The Bertz CT molecular complexity index is 572. The minimum atomic E-state index is 0. The summed E-state index contributed by atoms with van der Waals surface area (Å²) in [6.07, 6.45) is 3.75. The fourth-order valence-electron chi connectivity index (χ4n) is 3.46. The van der Waals surface area contributed by atoms with Crippen LogP contribution in [0.1, 0.15) is 18.4 Å². The summed E-state index contributed by atoms with van der Waals surface area (Å²) in [5.41, 5.74) is 1.22. The van der Waals surface area contributed by atoms with Crippen molar-refractivity contribution in [2.24, 2.45) is 4.99 Å². The number of fused-ring (bicyclic) bond motifs is 1. The molecule has 2 aliphatic rings. The maximum atomic E-state index is 6.01. The minimum absolute atomic E-state index is 0. The zero-order chi connectivity index (χ0) is 16.8. The molecular weight excluding hydrogens is 451 g/mol. The van der Waals surface area contributed by atoms with Gasteiger partial charge in [-0.15, -0.1) is 24.0 Å². The van der Waals surface area contributed by atoms with E-state index in [0.717, 1.165) is 43.6 Å². The van der Waals surface area contributed by atoms with E-state index in [1.165, 1.54) is 24.9 Å². The number of guanidine groups is 1. The highest BCUT2D eigenvalue weighted by molar-refractivity contribution is 14.0. The molecule has 2 atom stereocenters. The Morgan fingerprint density at radius 3 is 3.08 bits per heavy atom. The summed E-state index contributed by atoms with van der Waals surface area (Å²) in [6.45, 7) is 4.72. The molecule has 0 spiro atoms. The van der Waals surface area contributed by atoms with Gasteiger partial charge in [0.2, 0.25) is 0 Å². The van der Waals surface area contributed by atoms with Gasteiger partial charge in [-0.3, -0.25) is 9.89 Å². The average molecular weight is 479 g/mol. The number of nitrogens with zero attached hydrogens (tertiary/aromatic N) is 2. The lowest BCUT2D eigenvalue weighted by atomic mass is 10.1. The fraction of sp³-hybridized carbons (Fsp3) is 0.611. The molecule has 3 rings (SSSR count). The largest absolute Gasteiger partial charge is 0.373 e. The van der Waals surface area contributed by atoms with Crippen LogP contribution in [-0.4, -0.2) is 62.8 Å². The van der Waals surface area contributed by atoms with Gasteiger partial charge in [0.1, 0.15) is 0 Å². The Labute approximate surface area is 172 Å². The first-order valence-electron chi connectivity index (χ1n) is 8.79. The first kappa shape index (κ1) is 20.7. The molecule has 0 radical (unpaired) electrons. The first-order chi connectivity index (χ1) is 11.7. The second-order valence-electron chi connectivity index (χ2n) is 6.51. The van der Waals surface area contributed by atoms with Crippen LogP contribution in [0.25, 0.3) is 0 Å². The number of ether oxygens (including phenoxy) is 1. The quantitative estimate of drug-likeness (QED) is 0.388. The Kier molecular flexibility index (Phi) is 8.75. The third-order valence-corrected chi connectivity index (χ3v) is 5.01. The van der Waals surface area contributed by atoms with Gasteiger partial charge in [0.15, 0.2) is 5.96 Å². The average Bonchev–Trinajstić information content (AvgIpc) is 3.05. The second-order valence-corrected chi connectivity index (χ2v) is 6.94. The maximum absolute atomic E-state index is 6.01. The number of nitrogens with one attached hydrogen (secondary N) is 2. The molecule has 2 fully saturated rings. The van der Waals surface area contributed by atoms with Gasteiger partial charge >= 0.3 is 0 Å². The van der Waals surface area contributed by atoms with Gasteiger partial charge in [-0.05, 0) is 43.5 Å². The van der Waals surface area contributed by atoms with E-state index in [9.17, 15) is 0 Å². The molecule has 1 aromatic rings. The monoisotopic (exact) mass is 478 g/mol. The van der Waals surface area contributed by atoms with E-state index in [4.69, 9.17) is 16.3 Å². The molecule has 2 aliphatic heterocycles. The molecule has 7 heteroatoms. The molecule has 0 aliphatic carbocycles. The van der Waals surface area contributed by atoms with Gasteiger partial charge in [0.05, 0.1) is 12.7 Å². The summed E-state index contributed by atoms with van der Waals surface area (Å²) >= 11 is 6.01. The highest BCUT2D eigenvalue weighted by Crippen LogP contribution is 2.22. The van der Waals surface area contributed by atoms with E-state index in [1.807, 2.05) is 18.2 Å². The summed E-state index contributed by atoms with van der Waals surface area (Å²) in [5, 5.41) is 7.51. The van der Waals surface area contributed by atoms with Crippen LogP contribution in [0.5, 0.6) is 0 Å². The Morgan fingerprint density at radius 2 is 2.28 bits per heavy atom. The molecule has 2 saturated heterocycles. The second kappa shape index (κ2) is 10.5. The van der Waals surface area contributed by atoms with Crippen LogP contribution < -0.4 is 10.6 Å². The fourth-order valence-corrected chi connectivity index (χ4v) is 3.67. The van der Waals surface area contributed by atoms with Crippen LogP contribution in [0, 0.1) is 0 Å². The van der Waals surface area contributed by atoms with Crippen molar-refractivity contribution < 1.29 is 4.74 Å². The van der Waals surface area contributed by atoms with Crippen LogP contribution in [0.2, 0.25) is 5.02 Å². The van der Waals surface area contributed by atoms with E-state index < -0.39 is 0 Å². The van der Waals surface area contributed by atoms with Crippen molar-refractivity contribution in [3.05, 3.63) is 34.9 Å². The molecule has 25 heavy (non-hydrogen) atoms. The van der Waals surface area contributed by atoms with Crippen molar-refractivity contribution in [3.8, 4) is 0 Å². The van der Waals surface area contributed by atoms with Crippen molar-refractivity contribution in [2.45, 2.75) is 31.4 Å². The highest BCUT2D eigenvalue weighted by Gasteiger charge is 2.32. The van der Waals surface area contributed by atoms with E-state index in [2.05, 4.69) is 26.6 Å². The lowest BCUT2D eigenvalue weighted by molar-refractivity contribution is -0.0453. The summed E-state index contributed by atoms with van der Waals surface area (Å²) in [5.74, 6) is 0.823. The van der Waals surface area contributed by atoms with Gasteiger partial charge < -0.3 is 15.4 Å². The van der Waals surface area contributed by atoms with Gasteiger partial charge in [0, 0.05) is 37.7 Å². The Balaban J connectivity index is 0.00000225. The van der Waals surface area contributed by atoms with Crippen LogP contribution >= 0.6 is 35.6 Å². The van der Waals surface area contributed by atoms with Crippen LogP contribution in [-0.2, 0) is 11.2 Å². The molecule has 0 amide bonds. The number of hydrogen-bond acceptors (Lipinski definition) is 3. The lowest BCUT2D eigenvalue weighted by Crippen LogP contribution is -2.51. The van der Waals surface area contributed by atoms with E-state index in [0.29, 0.717) is 6.04 Å². The molecule has 5 nitrogen and oxygen atoms in total. The number of benzene rings is 1. The van der Waals surface area contributed by atoms with Crippen LogP contribution in [0.3, 0.4) is 0 Å². The van der Waals surface area contributed by atoms with Crippen LogP contribution in [0.15, 0.2) is 29.3 Å². The standard InChI is InChI=1S/C18H27ClN4O.HI/c1-20-18(21-8-7-14-4-2-5-15(19)10-14)22-11-17-12-23-9-3-6-16(23)13-24-17;/h2,4-5,10,16-17H,3,6-9,11-13H2,1H3,(H2,20,21,22);1H. The summed E-state index contributed by atoms with van der Waals surface area (Å²) < 4.78 is 5.97. The number of aliphatic imine (C=N–C) groups is 1. The third-order valence-electron chi connectivity index (χ3n) is 4.78. The number of halogens is 2. The van der Waals surface area contributed by atoms with E-state index >= 15 is 0 Å². The lowest BCUT2D eigenvalue weighted by Gasteiger charge is -2.35. The van der Waals surface area contributed by atoms with Crippen molar-refractivity contribution in [3.63, 3.8) is 0 Å². The van der Waals surface area contributed by atoms with E-state index in [-0.39, 0.29) is 30.1 Å². The summed E-state index contributed by atoms with van der Waals surface area (Å²) in [4.78, 5) is 6.85. The van der Waals surface area contributed by atoms with Gasteiger partial charge in [0.25, 0.3) is 0 Å². The molecule has 140 valence electrons. The first-order valence-corrected chi connectivity index (χ1v) is 9.17. The molecule has 0 saturated carbocycles. The molecule has 0 aromatic heterocycles. The van der Waals surface area contributed by atoms with Crippen LogP contribution in [0.4, 0.5) is 0 Å². The van der Waals surface area contributed by atoms with Gasteiger partial charge in [-0.25, -0.2) is 0 Å². The van der Waals surface area contributed by atoms with Crippen molar-refractivity contribution in [1.29, 1.82) is 0 Å². The maximum Gasteiger partial charge on any atom is 0.191 e. The third kappa shape index (κ3) is 6.27. The normalized spacial score (nSPS) is 23.7. The molecular formula is C18H28ClIN4O. The zero-order valence-corrected chi connectivity index (χ0v) is 17.8. The smallest absolute Gasteiger partial charge is 0.191 e. The topological polar surface area (TPSA) is 48.9 Å². The zero-order valence-electron chi connectivity index (χ0n) is 14.7. The minimum Gasteiger partial charge on any atom is -0.373 e. The number of rotatable bonds is 5. The Morgan fingerprint density at radius 1 is 1.40 bits per heavy atom. The van der Waals surface area contributed by atoms with Gasteiger partial charge in [-0.1, -0.05) is 23.7 Å².